The van der Waals surface area contributed by atoms with E-state index in [-0.39, 0.29) is 0 Å². The number of anilines is 1. The lowest BCUT2D eigenvalue weighted by Crippen LogP contribution is -2.19. The van der Waals surface area contributed by atoms with Gasteiger partial charge in [-0.3, -0.25) is 0 Å². The minimum Gasteiger partial charge on any atom is -0.355 e. The first-order valence-corrected chi connectivity index (χ1v) is 7.99. The molecule has 0 aliphatic rings. The van der Waals surface area contributed by atoms with Gasteiger partial charge >= 0.3 is 0 Å². The van der Waals surface area contributed by atoms with Crippen molar-refractivity contribution in [2.75, 3.05) is 18.5 Å². The number of nitrogens with zero attached hydrogens (tertiary/aromatic N) is 2. The van der Waals surface area contributed by atoms with Gasteiger partial charge in [0.2, 0.25) is 0 Å². The molecule has 4 heteroatoms. The molecule has 0 saturated heterocycles. The van der Waals surface area contributed by atoms with Gasteiger partial charge in [0.05, 0.1) is 6.54 Å². The fraction of sp³-hybridized carbons (Fsp3) is 0.438. The second kappa shape index (κ2) is 7.41. The molecule has 0 saturated carbocycles. The van der Waals surface area contributed by atoms with Gasteiger partial charge in [-0.05, 0) is 43.0 Å². The highest BCUT2D eigenvalue weighted by Crippen LogP contribution is 2.18. The summed E-state index contributed by atoms with van der Waals surface area (Å²) in [5.74, 6) is 1.04. The van der Waals surface area contributed by atoms with Gasteiger partial charge in [0, 0.05) is 24.2 Å². The largest absolute Gasteiger partial charge is 0.355 e. The molecule has 2 aromatic heterocycles. The van der Waals surface area contributed by atoms with Gasteiger partial charge in [-0.15, -0.1) is 11.3 Å². The third kappa shape index (κ3) is 4.05. The third-order valence-electron chi connectivity index (χ3n) is 3.29. The van der Waals surface area contributed by atoms with Crippen LogP contribution in [0.4, 0.5) is 5.82 Å². The summed E-state index contributed by atoms with van der Waals surface area (Å²) < 4.78 is 0. The molecule has 2 rings (SSSR count). The Kier molecular flexibility index (Phi) is 5.56. The Hall–Kier alpha value is -1.39. The highest BCUT2D eigenvalue weighted by molar-refractivity contribution is 7.09. The quantitative estimate of drug-likeness (QED) is 0.790. The van der Waals surface area contributed by atoms with Crippen LogP contribution in [0.2, 0.25) is 0 Å². The zero-order valence-electron chi connectivity index (χ0n) is 12.5. The number of aryl methyl sites for hydroxylation is 1. The summed E-state index contributed by atoms with van der Waals surface area (Å²) >= 11 is 1.79. The van der Waals surface area contributed by atoms with E-state index in [1.807, 2.05) is 0 Å². The Morgan fingerprint density at radius 3 is 2.80 bits per heavy atom. The lowest BCUT2D eigenvalue weighted by molar-refractivity contribution is 0.670. The molecule has 3 nitrogen and oxygen atoms in total. The van der Waals surface area contributed by atoms with E-state index in [1.165, 1.54) is 10.4 Å². The average Bonchev–Trinajstić information content (AvgIpc) is 2.93. The predicted molar refractivity (Wildman–Crippen MR) is 87.4 cm³/mol. The molecule has 2 heterocycles. The standard InChI is InChI=1S/C16H23N3S/c1-4-9-17-11-14-7-8-16(18-13(14)2)19(3)12-15-6-5-10-20-15/h5-8,10,17H,4,9,11-12H2,1-3H3. The van der Waals surface area contributed by atoms with Crippen LogP contribution < -0.4 is 10.2 Å². The number of thiophene rings is 1. The highest BCUT2D eigenvalue weighted by atomic mass is 32.1. The molecule has 0 radical (unpaired) electrons. The Morgan fingerprint density at radius 1 is 1.30 bits per heavy atom. The van der Waals surface area contributed by atoms with Crippen molar-refractivity contribution in [2.45, 2.75) is 33.4 Å². The fourth-order valence-corrected chi connectivity index (χ4v) is 2.85. The molecule has 0 aliphatic heterocycles. The first-order valence-electron chi connectivity index (χ1n) is 7.11. The summed E-state index contributed by atoms with van der Waals surface area (Å²) in [6.45, 7) is 7.14. The predicted octanol–water partition coefficient (Wildman–Crippen LogP) is 3.59. The van der Waals surface area contributed by atoms with Crippen molar-refractivity contribution in [3.8, 4) is 0 Å². The minimum absolute atomic E-state index is 0.904. The Morgan fingerprint density at radius 2 is 2.15 bits per heavy atom. The van der Waals surface area contributed by atoms with E-state index in [0.717, 1.165) is 37.6 Å². The van der Waals surface area contributed by atoms with E-state index < -0.39 is 0 Å². The van der Waals surface area contributed by atoms with Crippen LogP contribution in [-0.2, 0) is 13.1 Å². The fourth-order valence-electron chi connectivity index (χ4n) is 2.09. The molecule has 0 aliphatic carbocycles. The van der Waals surface area contributed by atoms with Crippen molar-refractivity contribution in [1.82, 2.24) is 10.3 Å². The van der Waals surface area contributed by atoms with Gasteiger partial charge in [0.15, 0.2) is 0 Å². The first-order chi connectivity index (χ1) is 9.70. The molecule has 0 spiro atoms. The molecular formula is C16H23N3S. The van der Waals surface area contributed by atoms with Crippen LogP contribution in [0, 0.1) is 6.92 Å². The molecule has 108 valence electrons. The molecule has 1 N–H and O–H groups in total. The topological polar surface area (TPSA) is 28.2 Å². The number of aromatic nitrogens is 1. The van der Waals surface area contributed by atoms with Gasteiger partial charge in [-0.25, -0.2) is 4.98 Å². The van der Waals surface area contributed by atoms with Gasteiger partial charge in [-0.2, -0.15) is 0 Å². The summed E-state index contributed by atoms with van der Waals surface area (Å²) in [6.07, 6.45) is 1.16. The van der Waals surface area contributed by atoms with Crippen molar-refractivity contribution in [2.24, 2.45) is 0 Å². The zero-order valence-corrected chi connectivity index (χ0v) is 13.3. The normalized spacial score (nSPS) is 10.8. The third-order valence-corrected chi connectivity index (χ3v) is 4.15. The number of pyridine rings is 1. The van der Waals surface area contributed by atoms with Crippen LogP contribution in [0.1, 0.15) is 29.5 Å². The van der Waals surface area contributed by atoms with E-state index in [4.69, 9.17) is 4.98 Å². The van der Waals surface area contributed by atoms with Crippen LogP contribution >= 0.6 is 11.3 Å². The van der Waals surface area contributed by atoms with Gasteiger partial charge in [-0.1, -0.05) is 19.1 Å². The van der Waals surface area contributed by atoms with Crippen LogP contribution in [0.5, 0.6) is 0 Å². The molecule has 0 fully saturated rings. The molecule has 2 aromatic rings. The smallest absolute Gasteiger partial charge is 0.128 e. The maximum atomic E-state index is 4.72. The van der Waals surface area contributed by atoms with Crippen molar-refractivity contribution in [3.05, 3.63) is 45.8 Å². The Balaban J connectivity index is 2.00. The highest BCUT2D eigenvalue weighted by Gasteiger charge is 2.07. The Labute approximate surface area is 125 Å². The lowest BCUT2D eigenvalue weighted by atomic mass is 10.2. The SMILES string of the molecule is CCCNCc1ccc(N(C)Cc2cccs2)nc1C. The number of nitrogens with one attached hydrogen (secondary N) is 1. The van der Waals surface area contributed by atoms with Crippen LogP contribution in [-0.4, -0.2) is 18.6 Å². The number of hydrogen-bond donors (Lipinski definition) is 1. The van der Waals surface area contributed by atoms with Crippen molar-refractivity contribution in [1.29, 1.82) is 0 Å². The van der Waals surface area contributed by atoms with Crippen LogP contribution in [0.25, 0.3) is 0 Å². The van der Waals surface area contributed by atoms with Gasteiger partial charge in [0.25, 0.3) is 0 Å². The molecule has 20 heavy (non-hydrogen) atoms. The summed E-state index contributed by atoms with van der Waals surface area (Å²) in [5, 5.41) is 5.54. The second-order valence-electron chi connectivity index (χ2n) is 5.03. The van der Waals surface area contributed by atoms with Crippen LogP contribution in [0.15, 0.2) is 29.6 Å². The van der Waals surface area contributed by atoms with Crippen LogP contribution in [0.3, 0.4) is 0 Å². The maximum Gasteiger partial charge on any atom is 0.128 e. The van der Waals surface area contributed by atoms with E-state index in [1.54, 1.807) is 11.3 Å². The molecular weight excluding hydrogens is 266 g/mol. The molecule has 0 unspecified atom stereocenters. The van der Waals surface area contributed by atoms with Gasteiger partial charge in [0.1, 0.15) is 5.82 Å². The van der Waals surface area contributed by atoms with E-state index in [9.17, 15) is 0 Å². The van der Waals surface area contributed by atoms with E-state index in [2.05, 4.69) is 60.8 Å². The molecule has 0 amide bonds. The van der Waals surface area contributed by atoms with E-state index >= 15 is 0 Å². The van der Waals surface area contributed by atoms with E-state index in [0.29, 0.717) is 0 Å². The molecule has 0 bridgehead atoms. The zero-order chi connectivity index (χ0) is 14.4. The summed E-state index contributed by atoms with van der Waals surface area (Å²) in [5.41, 5.74) is 2.40. The van der Waals surface area contributed by atoms with Gasteiger partial charge < -0.3 is 10.2 Å². The molecule has 0 atom stereocenters. The van der Waals surface area contributed by atoms with Crippen molar-refractivity contribution in [3.63, 3.8) is 0 Å². The number of hydrogen-bond acceptors (Lipinski definition) is 4. The summed E-state index contributed by atoms with van der Waals surface area (Å²) in [4.78, 5) is 8.28. The summed E-state index contributed by atoms with van der Waals surface area (Å²) in [7, 11) is 2.09. The van der Waals surface area contributed by atoms with Crippen molar-refractivity contribution >= 4 is 17.2 Å². The lowest BCUT2D eigenvalue weighted by Gasteiger charge is -2.18. The summed E-state index contributed by atoms with van der Waals surface area (Å²) in [6, 6.07) is 8.56. The second-order valence-corrected chi connectivity index (χ2v) is 6.06. The maximum absolute atomic E-state index is 4.72. The Bertz CT molecular complexity index is 523. The first kappa shape index (κ1) is 15.0. The number of rotatable bonds is 7. The molecule has 0 aromatic carbocycles. The monoisotopic (exact) mass is 289 g/mol. The minimum atomic E-state index is 0.904. The average molecular weight is 289 g/mol. The van der Waals surface area contributed by atoms with Crippen molar-refractivity contribution < 1.29 is 0 Å².